The third kappa shape index (κ3) is 7.93. The Bertz CT molecular complexity index is 888. The van der Waals surface area contributed by atoms with E-state index in [-0.39, 0.29) is 47.9 Å². The van der Waals surface area contributed by atoms with E-state index in [1.807, 2.05) is 4.90 Å². The third-order valence-corrected chi connectivity index (χ3v) is 5.91. The highest BCUT2D eigenvalue weighted by Gasteiger charge is 2.26. The molecular formula is C22H31F2N7O3. The molecule has 1 aliphatic heterocycles. The van der Waals surface area contributed by atoms with E-state index in [0.717, 1.165) is 25.8 Å². The lowest BCUT2D eigenvalue weighted by molar-refractivity contribution is -0.130. The van der Waals surface area contributed by atoms with Crippen molar-refractivity contribution in [2.75, 3.05) is 31.6 Å². The van der Waals surface area contributed by atoms with Crippen LogP contribution in [0.2, 0.25) is 0 Å². The standard InChI is InChI=1S/C22H31F2N7O3/c1-14(13-34-21(23)24)28-22-27-11-18(20(33)29-16-6-8-31(12-16)9-7-25)19(30-22)26-10-15-2-4-17(32)5-3-15/h10-11,14-17,21,32H,2-6,8-9,12-13H2,1H3,(H,29,33)(H,27,28,30)/t14-,15?,16-,17?/m0/s1. The van der Waals surface area contributed by atoms with Crippen molar-refractivity contribution in [3.63, 3.8) is 0 Å². The minimum Gasteiger partial charge on any atom is -0.393 e. The van der Waals surface area contributed by atoms with Crippen LogP contribution in [0.1, 0.15) is 49.4 Å². The molecule has 0 unspecified atom stereocenters. The number of nitrogens with one attached hydrogen (secondary N) is 2. The number of aliphatic hydroxyl groups excluding tert-OH is 1. The van der Waals surface area contributed by atoms with E-state index in [2.05, 4.69) is 36.4 Å². The van der Waals surface area contributed by atoms with Crippen molar-refractivity contribution in [3.05, 3.63) is 11.8 Å². The van der Waals surface area contributed by atoms with E-state index in [4.69, 9.17) is 5.26 Å². The zero-order valence-electron chi connectivity index (χ0n) is 19.2. The Morgan fingerprint density at radius 2 is 2.18 bits per heavy atom. The third-order valence-electron chi connectivity index (χ3n) is 5.91. The molecule has 12 heteroatoms. The van der Waals surface area contributed by atoms with Gasteiger partial charge < -0.3 is 20.5 Å². The van der Waals surface area contributed by atoms with Crippen LogP contribution in [0.25, 0.3) is 0 Å². The maximum atomic E-state index is 13.0. The first-order chi connectivity index (χ1) is 16.3. The van der Waals surface area contributed by atoms with E-state index in [0.29, 0.717) is 25.9 Å². The fraction of sp³-hybridized carbons (Fsp3) is 0.682. The smallest absolute Gasteiger partial charge is 0.345 e. The molecule has 1 aromatic heterocycles. The number of rotatable bonds is 10. The Balaban J connectivity index is 1.72. The van der Waals surface area contributed by atoms with Gasteiger partial charge in [0.25, 0.3) is 5.91 Å². The monoisotopic (exact) mass is 479 g/mol. The molecule has 2 aliphatic rings. The highest BCUT2D eigenvalue weighted by molar-refractivity contribution is 5.98. The number of carbonyl (C=O) groups is 1. The zero-order valence-corrected chi connectivity index (χ0v) is 19.2. The van der Waals surface area contributed by atoms with Crippen molar-refractivity contribution >= 4 is 23.9 Å². The lowest BCUT2D eigenvalue weighted by atomic mass is 9.88. The van der Waals surface area contributed by atoms with Crippen molar-refractivity contribution in [2.24, 2.45) is 10.9 Å². The number of aliphatic hydroxyl groups is 1. The number of carbonyl (C=O) groups excluding carboxylic acids is 1. The van der Waals surface area contributed by atoms with E-state index in [1.54, 1.807) is 13.1 Å². The maximum absolute atomic E-state index is 13.0. The van der Waals surface area contributed by atoms with Crippen LogP contribution >= 0.6 is 0 Å². The summed E-state index contributed by atoms with van der Waals surface area (Å²) in [6.07, 6.45) is 6.55. The van der Waals surface area contributed by atoms with Crippen LogP contribution in [0.3, 0.4) is 0 Å². The Morgan fingerprint density at radius 1 is 1.41 bits per heavy atom. The summed E-state index contributed by atoms with van der Waals surface area (Å²) in [7, 11) is 0. The number of nitriles is 1. The van der Waals surface area contributed by atoms with Crippen LogP contribution in [0.5, 0.6) is 0 Å². The van der Waals surface area contributed by atoms with Gasteiger partial charge in [-0.1, -0.05) is 0 Å². The van der Waals surface area contributed by atoms with Gasteiger partial charge in [0.1, 0.15) is 5.56 Å². The molecule has 3 N–H and O–H groups in total. The van der Waals surface area contributed by atoms with Crippen molar-refractivity contribution in [1.82, 2.24) is 20.2 Å². The molecule has 3 rings (SSSR count). The molecule has 0 spiro atoms. The molecule has 1 saturated heterocycles. The van der Waals surface area contributed by atoms with Crippen LogP contribution < -0.4 is 10.6 Å². The fourth-order valence-electron chi connectivity index (χ4n) is 4.06. The summed E-state index contributed by atoms with van der Waals surface area (Å²) in [5.41, 5.74) is 0.202. The molecule has 1 amide bonds. The molecule has 2 heterocycles. The summed E-state index contributed by atoms with van der Waals surface area (Å²) in [5, 5.41) is 24.4. The molecule has 2 fully saturated rings. The van der Waals surface area contributed by atoms with Crippen LogP contribution in [0, 0.1) is 17.2 Å². The number of amides is 1. The van der Waals surface area contributed by atoms with E-state index in [1.165, 1.54) is 6.20 Å². The molecule has 0 radical (unpaired) electrons. The van der Waals surface area contributed by atoms with Crippen molar-refractivity contribution in [3.8, 4) is 6.07 Å². The van der Waals surface area contributed by atoms with Gasteiger partial charge in [-0.2, -0.15) is 19.0 Å². The SMILES string of the molecule is C[C@@H](COC(F)F)Nc1ncc(C(=O)N[C@H]2CCN(CC#N)C2)c(N=CC2CCC(O)CC2)n1. The lowest BCUT2D eigenvalue weighted by Crippen LogP contribution is -2.37. The van der Waals surface area contributed by atoms with Gasteiger partial charge in [0.15, 0.2) is 5.82 Å². The number of aliphatic imine (C=N–C) groups is 1. The van der Waals surface area contributed by atoms with Crippen molar-refractivity contribution in [1.29, 1.82) is 5.26 Å². The zero-order chi connectivity index (χ0) is 24.5. The summed E-state index contributed by atoms with van der Waals surface area (Å²) in [4.78, 5) is 27.9. The van der Waals surface area contributed by atoms with Gasteiger partial charge in [-0.3, -0.25) is 9.69 Å². The van der Waals surface area contributed by atoms with Gasteiger partial charge in [-0.25, -0.2) is 9.98 Å². The number of likely N-dealkylation sites (tertiary alicyclic amines) is 1. The summed E-state index contributed by atoms with van der Waals surface area (Å²) < 4.78 is 28.9. The largest absolute Gasteiger partial charge is 0.393 e. The van der Waals surface area contributed by atoms with Gasteiger partial charge in [-0.15, -0.1) is 0 Å². The van der Waals surface area contributed by atoms with E-state index < -0.39 is 12.7 Å². The quantitative estimate of drug-likeness (QED) is 0.343. The number of hydrogen-bond donors (Lipinski definition) is 3. The van der Waals surface area contributed by atoms with Crippen molar-refractivity contribution < 1.29 is 23.4 Å². The first-order valence-corrected chi connectivity index (χ1v) is 11.5. The Hall–Kier alpha value is -2.75. The molecule has 10 nitrogen and oxygen atoms in total. The Labute approximate surface area is 197 Å². The Kier molecular flexibility index (Phi) is 9.62. The average molecular weight is 480 g/mol. The Morgan fingerprint density at radius 3 is 2.88 bits per heavy atom. The van der Waals surface area contributed by atoms with Gasteiger partial charge in [-0.05, 0) is 44.9 Å². The van der Waals surface area contributed by atoms with Crippen LogP contribution in [0.15, 0.2) is 11.2 Å². The normalized spacial score (nSPS) is 24.3. The summed E-state index contributed by atoms with van der Waals surface area (Å²) in [6, 6.07) is 1.53. The first kappa shape index (κ1) is 25.9. The average Bonchev–Trinajstić information content (AvgIpc) is 3.24. The predicted octanol–water partition coefficient (Wildman–Crippen LogP) is 2.10. The molecule has 2 atom stereocenters. The molecule has 186 valence electrons. The molecule has 1 aromatic rings. The molecule has 1 aliphatic carbocycles. The van der Waals surface area contributed by atoms with Crippen LogP contribution in [0.4, 0.5) is 20.5 Å². The summed E-state index contributed by atoms with van der Waals surface area (Å²) >= 11 is 0. The maximum Gasteiger partial charge on any atom is 0.345 e. The highest BCUT2D eigenvalue weighted by atomic mass is 19.3. The second-order valence-corrected chi connectivity index (χ2v) is 8.77. The summed E-state index contributed by atoms with van der Waals surface area (Å²) in [6.45, 7) is 0.169. The second-order valence-electron chi connectivity index (χ2n) is 8.77. The minimum absolute atomic E-state index is 0.0955. The van der Waals surface area contributed by atoms with Gasteiger partial charge in [0.2, 0.25) is 5.95 Å². The van der Waals surface area contributed by atoms with Gasteiger partial charge in [0.05, 0.1) is 25.3 Å². The van der Waals surface area contributed by atoms with Gasteiger partial charge in [0, 0.05) is 37.6 Å². The second kappa shape index (κ2) is 12.6. The number of nitrogens with zero attached hydrogens (tertiary/aromatic N) is 5. The van der Waals surface area contributed by atoms with Gasteiger partial charge >= 0.3 is 6.61 Å². The number of alkyl halides is 2. The molecular weight excluding hydrogens is 448 g/mol. The topological polar surface area (TPSA) is 136 Å². The fourth-order valence-corrected chi connectivity index (χ4v) is 4.06. The minimum atomic E-state index is -2.87. The number of halogens is 2. The number of hydrogen-bond acceptors (Lipinski definition) is 9. The first-order valence-electron chi connectivity index (χ1n) is 11.5. The highest BCUT2D eigenvalue weighted by Crippen LogP contribution is 2.25. The van der Waals surface area contributed by atoms with Crippen LogP contribution in [-0.4, -0.2) is 83.1 Å². The van der Waals surface area contributed by atoms with E-state index >= 15 is 0 Å². The molecule has 0 aromatic carbocycles. The number of ether oxygens (including phenoxy) is 1. The van der Waals surface area contributed by atoms with Crippen LogP contribution in [-0.2, 0) is 4.74 Å². The lowest BCUT2D eigenvalue weighted by Gasteiger charge is -2.22. The molecule has 1 saturated carbocycles. The molecule has 0 bridgehead atoms. The van der Waals surface area contributed by atoms with Crippen molar-refractivity contribution in [2.45, 2.75) is 63.8 Å². The number of aromatic nitrogens is 2. The molecule has 34 heavy (non-hydrogen) atoms. The van der Waals surface area contributed by atoms with E-state index in [9.17, 15) is 18.7 Å². The summed E-state index contributed by atoms with van der Waals surface area (Å²) in [5.74, 6) is 0.123. The predicted molar refractivity (Wildman–Crippen MR) is 121 cm³/mol. The number of anilines is 1.